The molecule has 2 aromatic carbocycles. The van der Waals surface area contributed by atoms with E-state index >= 15 is 0 Å². The van der Waals surface area contributed by atoms with Crippen LogP contribution in [0, 0.1) is 0 Å². The van der Waals surface area contributed by atoms with Crippen LogP contribution in [0.5, 0.6) is 0 Å². The molecule has 0 aliphatic heterocycles. The summed E-state index contributed by atoms with van der Waals surface area (Å²) in [5.74, 6) is -0.315. The van der Waals surface area contributed by atoms with Crippen LogP contribution in [-0.4, -0.2) is 18.4 Å². The Balaban J connectivity index is 2.06. The van der Waals surface area contributed by atoms with E-state index in [0.29, 0.717) is 23.4 Å². The third kappa shape index (κ3) is 4.16. The van der Waals surface area contributed by atoms with Gasteiger partial charge in [-0.3, -0.25) is 9.59 Å². The summed E-state index contributed by atoms with van der Waals surface area (Å²) in [6.07, 6.45) is 0. The first-order chi connectivity index (χ1) is 10.1. The van der Waals surface area contributed by atoms with Gasteiger partial charge in [0, 0.05) is 27.8 Å². The predicted octanol–water partition coefficient (Wildman–Crippen LogP) is 3.45. The number of carbonyl (C=O) groups is 2. The summed E-state index contributed by atoms with van der Waals surface area (Å²) in [4.78, 5) is 23.7. The molecule has 108 valence electrons. The molecule has 0 aliphatic rings. The van der Waals surface area contributed by atoms with Crippen molar-refractivity contribution in [2.45, 2.75) is 6.92 Å². The Bertz CT molecular complexity index is 654. The van der Waals surface area contributed by atoms with Crippen molar-refractivity contribution in [1.82, 2.24) is 5.32 Å². The monoisotopic (exact) mass is 346 g/mol. The number of amides is 2. The Morgan fingerprint density at radius 1 is 1.00 bits per heavy atom. The highest BCUT2D eigenvalue weighted by Crippen LogP contribution is 2.15. The van der Waals surface area contributed by atoms with Crippen molar-refractivity contribution in [2.75, 3.05) is 11.9 Å². The Hall–Kier alpha value is -2.14. The minimum atomic E-state index is -0.193. The lowest BCUT2D eigenvalue weighted by molar-refractivity contribution is 0.0955. The lowest BCUT2D eigenvalue weighted by atomic mass is 10.1. The number of nitrogens with one attached hydrogen (secondary N) is 2. The summed E-state index contributed by atoms with van der Waals surface area (Å²) < 4.78 is 0.849. The van der Waals surface area contributed by atoms with Crippen LogP contribution in [-0.2, 0) is 0 Å². The van der Waals surface area contributed by atoms with Crippen molar-refractivity contribution in [1.29, 1.82) is 0 Å². The number of halogens is 1. The van der Waals surface area contributed by atoms with Crippen molar-refractivity contribution in [3.05, 3.63) is 64.1 Å². The first kappa shape index (κ1) is 15.3. The molecule has 0 heterocycles. The molecule has 4 nitrogen and oxygen atoms in total. The number of carbonyl (C=O) groups excluding carboxylic acids is 2. The summed E-state index contributed by atoms with van der Waals surface area (Å²) in [7, 11) is 0. The normalized spacial score (nSPS) is 10.0. The SMILES string of the molecule is CCNC(=O)c1ccc(NC(=O)c2cccc(Br)c2)cc1. The minimum absolute atomic E-state index is 0.123. The lowest BCUT2D eigenvalue weighted by Gasteiger charge is -2.07. The van der Waals surface area contributed by atoms with Crippen LogP contribution in [0.25, 0.3) is 0 Å². The number of rotatable bonds is 4. The van der Waals surface area contributed by atoms with Gasteiger partial charge < -0.3 is 10.6 Å². The second kappa shape index (κ2) is 7.04. The van der Waals surface area contributed by atoms with E-state index in [1.807, 2.05) is 13.0 Å². The van der Waals surface area contributed by atoms with Gasteiger partial charge in [-0.25, -0.2) is 0 Å². The van der Waals surface area contributed by atoms with Crippen LogP contribution in [0.15, 0.2) is 53.0 Å². The molecule has 0 fully saturated rings. The highest BCUT2D eigenvalue weighted by atomic mass is 79.9. The number of hydrogen-bond donors (Lipinski definition) is 2. The smallest absolute Gasteiger partial charge is 0.255 e. The standard InChI is InChI=1S/C16H15BrN2O2/c1-2-18-15(20)11-6-8-14(9-7-11)19-16(21)12-4-3-5-13(17)10-12/h3-10H,2H2,1H3,(H,18,20)(H,19,21). The van der Waals surface area contributed by atoms with Crippen LogP contribution in [0.4, 0.5) is 5.69 Å². The summed E-state index contributed by atoms with van der Waals surface area (Å²) in [6, 6.07) is 13.9. The molecule has 0 radical (unpaired) electrons. The van der Waals surface area contributed by atoms with Gasteiger partial charge in [-0.15, -0.1) is 0 Å². The van der Waals surface area contributed by atoms with Gasteiger partial charge in [-0.2, -0.15) is 0 Å². The molecule has 0 atom stereocenters. The van der Waals surface area contributed by atoms with E-state index < -0.39 is 0 Å². The number of hydrogen-bond acceptors (Lipinski definition) is 2. The van der Waals surface area contributed by atoms with Gasteiger partial charge in [0.25, 0.3) is 11.8 Å². The van der Waals surface area contributed by atoms with Gasteiger partial charge in [-0.05, 0) is 49.4 Å². The topological polar surface area (TPSA) is 58.2 Å². The van der Waals surface area contributed by atoms with Gasteiger partial charge >= 0.3 is 0 Å². The van der Waals surface area contributed by atoms with E-state index in [1.165, 1.54) is 0 Å². The molecule has 2 amide bonds. The van der Waals surface area contributed by atoms with Crippen molar-refractivity contribution in [3.63, 3.8) is 0 Å². The van der Waals surface area contributed by atoms with Crippen molar-refractivity contribution >= 4 is 33.4 Å². The first-order valence-electron chi connectivity index (χ1n) is 6.55. The van der Waals surface area contributed by atoms with Gasteiger partial charge in [0.15, 0.2) is 0 Å². The zero-order chi connectivity index (χ0) is 15.2. The molecule has 0 saturated heterocycles. The van der Waals surface area contributed by atoms with E-state index in [4.69, 9.17) is 0 Å². The van der Waals surface area contributed by atoms with Crippen LogP contribution in [0.3, 0.4) is 0 Å². The minimum Gasteiger partial charge on any atom is -0.352 e. The summed E-state index contributed by atoms with van der Waals surface area (Å²) in [5, 5.41) is 5.51. The Labute approximate surface area is 131 Å². The second-order valence-electron chi connectivity index (χ2n) is 4.40. The summed E-state index contributed by atoms with van der Waals surface area (Å²) in [5.41, 5.74) is 1.78. The molecular formula is C16H15BrN2O2. The molecule has 2 aromatic rings. The van der Waals surface area contributed by atoms with E-state index in [9.17, 15) is 9.59 Å². The van der Waals surface area contributed by atoms with E-state index in [2.05, 4.69) is 26.6 Å². The largest absolute Gasteiger partial charge is 0.352 e. The van der Waals surface area contributed by atoms with Crippen molar-refractivity contribution in [3.8, 4) is 0 Å². The highest BCUT2D eigenvalue weighted by Gasteiger charge is 2.08. The average molecular weight is 347 g/mol. The molecule has 0 bridgehead atoms. The molecule has 0 aromatic heterocycles. The average Bonchev–Trinajstić information content (AvgIpc) is 2.48. The van der Waals surface area contributed by atoms with Crippen molar-refractivity contribution in [2.24, 2.45) is 0 Å². The molecule has 0 spiro atoms. The van der Waals surface area contributed by atoms with Crippen LogP contribution >= 0.6 is 15.9 Å². The van der Waals surface area contributed by atoms with Crippen LogP contribution in [0.2, 0.25) is 0 Å². The second-order valence-corrected chi connectivity index (χ2v) is 5.32. The van der Waals surface area contributed by atoms with E-state index in [-0.39, 0.29) is 11.8 Å². The lowest BCUT2D eigenvalue weighted by Crippen LogP contribution is -2.22. The highest BCUT2D eigenvalue weighted by molar-refractivity contribution is 9.10. The van der Waals surface area contributed by atoms with Gasteiger partial charge in [0.1, 0.15) is 0 Å². The maximum Gasteiger partial charge on any atom is 0.255 e. The maximum atomic E-state index is 12.1. The quantitative estimate of drug-likeness (QED) is 0.890. The third-order valence-electron chi connectivity index (χ3n) is 2.83. The molecule has 0 unspecified atom stereocenters. The summed E-state index contributed by atoms with van der Waals surface area (Å²) >= 11 is 3.33. The molecule has 5 heteroatoms. The van der Waals surface area contributed by atoms with Crippen LogP contribution < -0.4 is 10.6 Å². The molecule has 21 heavy (non-hydrogen) atoms. The Morgan fingerprint density at radius 2 is 1.71 bits per heavy atom. The maximum absolute atomic E-state index is 12.1. The van der Waals surface area contributed by atoms with Gasteiger partial charge in [-0.1, -0.05) is 22.0 Å². The fraction of sp³-hybridized carbons (Fsp3) is 0.125. The van der Waals surface area contributed by atoms with Gasteiger partial charge in [0.05, 0.1) is 0 Å². The fourth-order valence-electron chi connectivity index (χ4n) is 1.80. The van der Waals surface area contributed by atoms with E-state index in [0.717, 1.165) is 4.47 Å². The number of anilines is 1. The molecule has 0 aliphatic carbocycles. The Kier molecular flexibility index (Phi) is 5.11. The first-order valence-corrected chi connectivity index (χ1v) is 7.34. The predicted molar refractivity (Wildman–Crippen MR) is 86.5 cm³/mol. The Morgan fingerprint density at radius 3 is 2.33 bits per heavy atom. The molecular weight excluding hydrogens is 332 g/mol. The number of benzene rings is 2. The molecule has 0 saturated carbocycles. The molecule has 2 N–H and O–H groups in total. The van der Waals surface area contributed by atoms with Gasteiger partial charge in [0.2, 0.25) is 0 Å². The zero-order valence-corrected chi connectivity index (χ0v) is 13.1. The zero-order valence-electron chi connectivity index (χ0n) is 11.5. The van der Waals surface area contributed by atoms with E-state index in [1.54, 1.807) is 42.5 Å². The fourth-order valence-corrected chi connectivity index (χ4v) is 2.20. The summed E-state index contributed by atoms with van der Waals surface area (Å²) in [6.45, 7) is 2.45. The third-order valence-corrected chi connectivity index (χ3v) is 3.32. The van der Waals surface area contributed by atoms with Crippen molar-refractivity contribution < 1.29 is 9.59 Å². The molecule has 2 rings (SSSR count). The van der Waals surface area contributed by atoms with Crippen LogP contribution in [0.1, 0.15) is 27.6 Å².